The Bertz CT molecular complexity index is 488. The van der Waals surface area contributed by atoms with Crippen LogP contribution in [0.4, 0.5) is 0 Å². The zero-order chi connectivity index (χ0) is 13.7. The summed E-state index contributed by atoms with van der Waals surface area (Å²) in [4.78, 5) is 0. The van der Waals surface area contributed by atoms with Crippen LogP contribution >= 0.6 is 0 Å². The molecule has 1 heterocycles. The zero-order valence-corrected chi connectivity index (χ0v) is 12.1. The normalized spacial score (nSPS) is 18.4. The van der Waals surface area contributed by atoms with Gasteiger partial charge in [-0.25, -0.2) is 13.1 Å². The lowest BCUT2D eigenvalue weighted by Crippen LogP contribution is -2.27. The van der Waals surface area contributed by atoms with Crippen molar-refractivity contribution in [1.29, 1.82) is 0 Å². The molecule has 0 saturated heterocycles. The maximum absolute atomic E-state index is 11.5. The third-order valence-electron chi connectivity index (χ3n) is 3.59. The molecule has 5 nitrogen and oxygen atoms in total. The fourth-order valence-electron chi connectivity index (χ4n) is 2.43. The van der Waals surface area contributed by atoms with E-state index < -0.39 is 10.0 Å². The highest BCUT2D eigenvalue weighted by atomic mass is 32.2. The predicted molar refractivity (Wildman–Crippen MR) is 73.3 cm³/mol. The largest absolute Gasteiger partial charge is 0.447 e. The molecular formula is C13H22N2O3S. The molecule has 0 bridgehead atoms. The van der Waals surface area contributed by atoms with E-state index in [9.17, 15) is 8.42 Å². The molecule has 0 aromatic carbocycles. The molecule has 19 heavy (non-hydrogen) atoms. The van der Waals surface area contributed by atoms with Crippen LogP contribution in [0.3, 0.4) is 0 Å². The van der Waals surface area contributed by atoms with Crippen molar-refractivity contribution in [2.75, 3.05) is 7.05 Å². The topological polar surface area (TPSA) is 71.3 Å². The van der Waals surface area contributed by atoms with Gasteiger partial charge in [0.25, 0.3) is 10.0 Å². The molecule has 1 aliphatic rings. The van der Waals surface area contributed by atoms with Crippen molar-refractivity contribution in [3.8, 4) is 0 Å². The lowest BCUT2D eigenvalue weighted by atomic mass is 10.1. The Morgan fingerprint density at radius 3 is 2.53 bits per heavy atom. The lowest BCUT2D eigenvalue weighted by molar-refractivity contribution is 0.376. The standard InChI is InChI=1S/C13H22N2O3S/c1-14-19(16,17)13-9-8-12(18-13)10-15-11-6-4-2-3-5-7-11/h8-9,11,14-15H,2-7,10H2,1H3. The number of furan rings is 1. The van der Waals surface area contributed by atoms with Gasteiger partial charge in [-0.1, -0.05) is 25.7 Å². The van der Waals surface area contributed by atoms with Crippen LogP contribution in [-0.4, -0.2) is 21.5 Å². The van der Waals surface area contributed by atoms with E-state index in [0.29, 0.717) is 18.3 Å². The molecule has 6 heteroatoms. The van der Waals surface area contributed by atoms with Crippen LogP contribution in [0.2, 0.25) is 0 Å². The summed E-state index contributed by atoms with van der Waals surface area (Å²) < 4.78 is 30.7. The maximum atomic E-state index is 11.5. The minimum Gasteiger partial charge on any atom is -0.447 e. The molecule has 1 saturated carbocycles. The summed E-state index contributed by atoms with van der Waals surface area (Å²) in [6.07, 6.45) is 7.59. The molecule has 0 amide bonds. The summed E-state index contributed by atoms with van der Waals surface area (Å²) >= 11 is 0. The smallest absolute Gasteiger partial charge is 0.273 e. The van der Waals surface area contributed by atoms with Crippen molar-refractivity contribution >= 4 is 10.0 Å². The zero-order valence-electron chi connectivity index (χ0n) is 11.3. The SMILES string of the molecule is CNS(=O)(=O)c1ccc(CNC2CCCCCC2)o1. The van der Waals surface area contributed by atoms with Gasteiger partial charge in [0, 0.05) is 6.04 Å². The Morgan fingerprint density at radius 1 is 1.21 bits per heavy atom. The number of hydrogen-bond acceptors (Lipinski definition) is 4. The summed E-state index contributed by atoms with van der Waals surface area (Å²) in [6, 6.07) is 3.74. The molecule has 0 unspecified atom stereocenters. The Balaban J connectivity index is 1.89. The van der Waals surface area contributed by atoms with Gasteiger partial charge >= 0.3 is 0 Å². The first-order valence-electron chi connectivity index (χ1n) is 6.87. The Labute approximate surface area is 114 Å². The summed E-state index contributed by atoms with van der Waals surface area (Å²) in [5.41, 5.74) is 0. The average molecular weight is 286 g/mol. The van der Waals surface area contributed by atoms with E-state index in [1.54, 1.807) is 6.07 Å². The van der Waals surface area contributed by atoms with E-state index >= 15 is 0 Å². The van der Waals surface area contributed by atoms with Gasteiger partial charge in [-0.3, -0.25) is 0 Å². The molecule has 2 N–H and O–H groups in total. The van der Waals surface area contributed by atoms with Crippen LogP contribution in [0, 0.1) is 0 Å². The number of sulfonamides is 1. The molecule has 0 aliphatic heterocycles. The lowest BCUT2D eigenvalue weighted by Gasteiger charge is -2.14. The third kappa shape index (κ3) is 4.06. The van der Waals surface area contributed by atoms with Crippen molar-refractivity contribution in [2.45, 2.75) is 56.2 Å². The highest BCUT2D eigenvalue weighted by Crippen LogP contribution is 2.18. The summed E-state index contributed by atoms with van der Waals surface area (Å²) in [6.45, 7) is 0.587. The van der Waals surface area contributed by atoms with E-state index in [0.717, 1.165) is 0 Å². The van der Waals surface area contributed by atoms with Gasteiger partial charge in [0.2, 0.25) is 5.09 Å². The molecule has 1 fully saturated rings. The minimum absolute atomic E-state index is 0.0207. The highest BCUT2D eigenvalue weighted by molar-refractivity contribution is 7.89. The first-order valence-corrected chi connectivity index (χ1v) is 8.36. The van der Waals surface area contributed by atoms with E-state index in [1.165, 1.54) is 51.6 Å². The first-order chi connectivity index (χ1) is 9.12. The van der Waals surface area contributed by atoms with Crippen LogP contribution in [0.1, 0.15) is 44.3 Å². The molecule has 0 radical (unpaired) electrons. The molecular weight excluding hydrogens is 264 g/mol. The number of hydrogen-bond donors (Lipinski definition) is 2. The summed E-state index contributed by atoms with van der Waals surface area (Å²) in [7, 11) is -2.09. The molecule has 0 atom stereocenters. The predicted octanol–water partition coefficient (Wildman–Crippen LogP) is 2.00. The van der Waals surface area contributed by atoms with Gasteiger partial charge in [0.05, 0.1) is 6.54 Å². The second kappa shape index (κ2) is 6.54. The second-order valence-corrected chi connectivity index (χ2v) is 6.82. The molecule has 1 aliphatic carbocycles. The fourth-order valence-corrected chi connectivity index (χ4v) is 3.09. The highest BCUT2D eigenvalue weighted by Gasteiger charge is 2.17. The van der Waals surface area contributed by atoms with Crippen LogP contribution in [0.5, 0.6) is 0 Å². The Hall–Kier alpha value is -0.850. The van der Waals surface area contributed by atoms with Gasteiger partial charge in [-0.15, -0.1) is 0 Å². The third-order valence-corrected chi connectivity index (χ3v) is 4.88. The first kappa shape index (κ1) is 14.6. The van der Waals surface area contributed by atoms with Crippen molar-refractivity contribution < 1.29 is 12.8 Å². The van der Waals surface area contributed by atoms with Crippen molar-refractivity contribution in [1.82, 2.24) is 10.0 Å². The van der Waals surface area contributed by atoms with Crippen molar-refractivity contribution in [3.63, 3.8) is 0 Å². The van der Waals surface area contributed by atoms with E-state index in [4.69, 9.17) is 4.42 Å². The number of rotatable bonds is 5. The van der Waals surface area contributed by atoms with Crippen LogP contribution < -0.4 is 10.0 Å². The van der Waals surface area contributed by atoms with Gasteiger partial charge in [0.1, 0.15) is 5.76 Å². The average Bonchev–Trinajstić information content (AvgIpc) is 2.74. The van der Waals surface area contributed by atoms with Gasteiger partial charge in [-0.05, 0) is 32.0 Å². The van der Waals surface area contributed by atoms with Gasteiger partial charge in [-0.2, -0.15) is 0 Å². The minimum atomic E-state index is -3.47. The summed E-state index contributed by atoms with van der Waals surface area (Å²) in [5.74, 6) is 0.665. The number of nitrogens with one attached hydrogen (secondary N) is 2. The molecule has 1 aromatic rings. The second-order valence-electron chi connectivity index (χ2n) is 5.00. The summed E-state index contributed by atoms with van der Waals surface area (Å²) in [5, 5.41) is 3.43. The molecule has 1 aromatic heterocycles. The van der Waals surface area contributed by atoms with Crippen LogP contribution in [0.15, 0.2) is 21.6 Å². The quantitative estimate of drug-likeness (QED) is 0.812. The molecule has 2 rings (SSSR count). The van der Waals surface area contributed by atoms with E-state index in [1.807, 2.05) is 0 Å². The monoisotopic (exact) mass is 286 g/mol. The van der Waals surface area contributed by atoms with E-state index in [2.05, 4.69) is 10.0 Å². The Morgan fingerprint density at radius 2 is 1.89 bits per heavy atom. The van der Waals surface area contributed by atoms with Crippen molar-refractivity contribution in [2.24, 2.45) is 0 Å². The Kier molecular flexibility index (Phi) is 5.01. The van der Waals surface area contributed by atoms with Crippen LogP contribution in [-0.2, 0) is 16.6 Å². The maximum Gasteiger partial charge on any atom is 0.273 e. The molecule has 108 valence electrons. The van der Waals surface area contributed by atoms with Crippen LogP contribution in [0.25, 0.3) is 0 Å². The molecule has 0 spiro atoms. The van der Waals surface area contributed by atoms with Gasteiger partial charge in [0.15, 0.2) is 0 Å². The van der Waals surface area contributed by atoms with E-state index in [-0.39, 0.29) is 5.09 Å². The van der Waals surface area contributed by atoms with Crippen molar-refractivity contribution in [3.05, 3.63) is 17.9 Å². The van der Waals surface area contributed by atoms with Gasteiger partial charge < -0.3 is 9.73 Å². The fraction of sp³-hybridized carbons (Fsp3) is 0.692.